The van der Waals surface area contributed by atoms with Gasteiger partial charge in [0.1, 0.15) is 0 Å². The summed E-state index contributed by atoms with van der Waals surface area (Å²) in [5, 5.41) is 7.78. The summed E-state index contributed by atoms with van der Waals surface area (Å²) in [6.07, 6.45) is -3.76. The van der Waals surface area contributed by atoms with Gasteiger partial charge in [-0.15, -0.1) is 22.7 Å². The predicted octanol–water partition coefficient (Wildman–Crippen LogP) is 4.47. The summed E-state index contributed by atoms with van der Waals surface area (Å²) in [6.45, 7) is 1.24. The molecule has 0 bridgehead atoms. The monoisotopic (exact) mass is 466 g/mol. The van der Waals surface area contributed by atoms with E-state index in [0.29, 0.717) is 35.2 Å². The molecule has 0 saturated carbocycles. The lowest BCUT2D eigenvalue weighted by atomic mass is 10.2. The van der Waals surface area contributed by atoms with Crippen molar-refractivity contribution in [3.05, 3.63) is 62.8 Å². The number of benzene rings is 1. The van der Waals surface area contributed by atoms with E-state index in [2.05, 4.69) is 15.6 Å². The van der Waals surface area contributed by atoms with E-state index in [-0.39, 0.29) is 18.4 Å². The normalized spacial score (nSPS) is 14.2. The fourth-order valence-electron chi connectivity index (χ4n) is 3.15. The van der Waals surface area contributed by atoms with Crippen molar-refractivity contribution in [3.8, 4) is 0 Å². The Hall–Kier alpha value is -2.76. The Kier molecular flexibility index (Phi) is 6.08. The lowest BCUT2D eigenvalue weighted by Crippen LogP contribution is -2.36. The number of halogens is 3. The van der Waals surface area contributed by atoms with E-state index < -0.39 is 11.7 Å². The average Bonchev–Trinajstić information content (AvgIpc) is 3.37. The second-order valence-corrected chi connectivity index (χ2v) is 8.94. The van der Waals surface area contributed by atoms with Crippen molar-refractivity contribution < 1.29 is 22.8 Å². The van der Waals surface area contributed by atoms with Crippen LogP contribution >= 0.6 is 22.7 Å². The van der Waals surface area contributed by atoms with Gasteiger partial charge in [0.15, 0.2) is 5.13 Å². The minimum absolute atomic E-state index is 0.106. The van der Waals surface area contributed by atoms with E-state index in [9.17, 15) is 22.8 Å². The Labute approximate surface area is 183 Å². The fourth-order valence-corrected chi connectivity index (χ4v) is 4.81. The molecule has 0 unspecified atom stereocenters. The molecule has 0 fully saturated rings. The van der Waals surface area contributed by atoms with Crippen molar-refractivity contribution in [2.24, 2.45) is 0 Å². The summed E-state index contributed by atoms with van der Waals surface area (Å²) < 4.78 is 37.9. The maximum atomic E-state index is 12.6. The van der Waals surface area contributed by atoms with Crippen molar-refractivity contribution in [1.29, 1.82) is 0 Å². The third-order valence-corrected chi connectivity index (χ3v) is 6.51. The van der Waals surface area contributed by atoms with E-state index in [4.69, 9.17) is 0 Å². The first kappa shape index (κ1) is 21.5. The highest BCUT2D eigenvalue weighted by Gasteiger charge is 2.30. The smallest absolute Gasteiger partial charge is 0.325 e. The summed E-state index contributed by atoms with van der Waals surface area (Å²) >= 11 is 2.73. The van der Waals surface area contributed by atoms with Gasteiger partial charge < -0.3 is 5.32 Å². The lowest BCUT2D eigenvalue weighted by molar-refractivity contribution is -0.137. The molecule has 4 rings (SSSR count). The van der Waals surface area contributed by atoms with E-state index in [1.807, 2.05) is 10.3 Å². The molecule has 11 heteroatoms. The number of aromatic nitrogens is 1. The number of nitrogens with one attached hydrogen (secondary N) is 2. The number of fused-ring (bicyclic) bond motifs is 1. The van der Waals surface area contributed by atoms with Crippen LogP contribution in [0.15, 0.2) is 41.8 Å². The van der Waals surface area contributed by atoms with Crippen LogP contribution in [0.3, 0.4) is 0 Å². The molecule has 0 spiro atoms. The number of rotatable bonds is 5. The maximum Gasteiger partial charge on any atom is 0.416 e. The molecular weight excluding hydrogens is 449 g/mol. The standard InChI is InChI=1S/C20H17F3N4O2S2/c21-20(22,23)12-3-5-13(6-4-12)24-17(28)11-27-8-7-14-16(10-27)31-19(25-14)26-18(29)15-2-1-9-30-15/h1-6,9H,7-8,10-11H2,(H,24,28)(H,25,26,29). The van der Waals surface area contributed by atoms with E-state index >= 15 is 0 Å². The van der Waals surface area contributed by atoms with Crippen LogP contribution in [0.25, 0.3) is 0 Å². The maximum absolute atomic E-state index is 12.6. The molecule has 162 valence electrons. The van der Waals surface area contributed by atoms with Crippen LogP contribution in [0.4, 0.5) is 24.0 Å². The zero-order valence-corrected chi connectivity index (χ0v) is 17.7. The zero-order valence-electron chi connectivity index (χ0n) is 16.0. The molecule has 1 aromatic carbocycles. The summed E-state index contributed by atoms with van der Waals surface area (Å²) in [4.78, 5) is 32.5. The molecule has 1 aliphatic rings. The van der Waals surface area contributed by atoms with Gasteiger partial charge in [-0.25, -0.2) is 4.98 Å². The molecule has 3 aromatic rings. The van der Waals surface area contributed by atoms with Crippen molar-refractivity contribution >= 4 is 45.3 Å². The molecule has 3 heterocycles. The largest absolute Gasteiger partial charge is 0.416 e. The van der Waals surface area contributed by atoms with Crippen LogP contribution in [0.5, 0.6) is 0 Å². The Bertz CT molecular complexity index is 1080. The molecule has 1 aliphatic heterocycles. The zero-order chi connectivity index (χ0) is 22.0. The number of thiazole rings is 1. The van der Waals surface area contributed by atoms with Crippen LogP contribution in [-0.4, -0.2) is 34.8 Å². The van der Waals surface area contributed by atoms with Gasteiger partial charge in [0, 0.05) is 30.1 Å². The number of amides is 2. The number of carbonyl (C=O) groups excluding carboxylic acids is 2. The van der Waals surface area contributed by atoms with Crippen molar-refractivity contribution in [2.75, 3.05) is 23.7 Å². The fraction of sp³-hybridized carbons (Fsp3) is 0.250. The van der Waals surface area contributed by atoms with Crippen LogP contribution in [0.1, 0.15) is 25.8 Å². The summed E-state index contributed by atoms with van der Waals surface area (Å²) in [7, 11) is 0. The quantitative estimate of drug-likeness (QED) is 0.582. The molecule has 0 aliphatic carbocycles. The van der Waals surface area contributed by atoms with Gasteiger partial charge >= 0.3 is 6.18 Å². The lowest BCUT2D eigenvalue weighted by Gasteiger charge is -2.25. The van der Waals surface area contributed by atoms with Crippen LogP contribution in [0.2, 0.25) is 0 Å². The van der Waals surface area contributed by atoms with Gasteiger partial charge in [0.05, 0.1) is 22.7 Å². The summed E-state index contributed by atoms with van der Waals surface area (Å²) in [5.74, 6) is -0.507. The number of nitrogens with zero attached hydrogens (tertiary/aromatic N) is 2. The topological polar surface area (TPSA) is 74.3 Å². The first-order chi connectivity index (χ1) is 14.8. The van der Waals surface area contributed by atoms with E-state index in [1.54, 1.807) is 12.1 Å². The van der Waals surface area contributed by atoms with Crippen molar-refractivity contribution in [2.45, 2.75) is 19.1 Å². The summed E-state index contributed by atoms with van der Waals surface area (Å²) in [6, 6.07) is 7.89. The molecule has 2 aromatic heterocycles. The Morgan fingerprint density at radius 2 is 1.90 bits per heavy atom. The predicted molar refractivity (Wildman–Crippen MR) is 113 cm³/mol. The Morgan fingerprint density at radius 3 is 2.58 bits per heavy atom. The molecule has 0 radical (unpaired) electrons. The number of thiophene rings is 1. The van der Waals surface area contributed by atoms with Crippen LogP contribution in [-0.2, 0) is 23.9 Å². The summed E-state index contributed by atoms with van der Waals surface area (Å²) in [5.41, 5.74) is 0.458. The van der Waals surface area contributed by atoms with Crippen LogP contribution in [0, 0.1) is 0 Å². The highest BCUT2D eigenvalue weighted by atomic mass is 32.1. The Balaban J connectivity index is 1.32. The molecule has 0 saturated heterocycles. The minimum atomic E-state index is -4.41. The number of hydrogen-bond acceptors (Lipinski definition) is 6. The molecule has 31 heavy (non-hydrogen) atoms. The highest BCUT2D eigenvalue weighted by molar-refractivity contribution is 7.16. The number of alkyl halides is 3. The first-order valence-electron chi connectivity index (χ1n) is 9.31. The molecule has 0 atom stereocenters. The third kappa shape index (κ3) is 5.30. The van der Waals surface area contributed by atoms with E-state index in [0.717, 1.165) is 22.7 Å². The second kappa shape index (κ2) is 8.77. The second-order valence-electron chi connectivity index (χ2n) is 6.90. The number of anilines is 2. The van der Waals surface area contributed by atoms with Crippen molar-refractivity contribution in [3.63, 3.8) is 0 Å². The third-order valence-electron chi connectivity index (χ3n) is 4.64. The van der Waals surface area contributed by atoms with Gasteiger partial charge in [0.2, 0.25) is 5.91 Å². The molecule has 6 nitrogen and oxygen atoms in total. The van der Waals surface area contributed by atoms with Gasteiger partial charge in [-0.1, -0.05) is 6.07 Å². The van der Waals surface area contributed by atoms with E-state index in [1.165, 1.54) is 34.8 Å². The van der Waals surface area contributed by atoms with Gasteiger partial charge in [-0.2, -0.15) is 13.2 Å². The van der Waals surface area contributed by atoms with Gasteiger partial charge in [-0.3, -0.25) is 19.8 Å². The first-order valence-corrected chi connectivity index (χ1v) is 11.0. The average molecular weight is 467 g/mol. The highest BCUT2D eigenvalue weighted by Crippen LogP contribution is 2.30. The van der Waals surface area contributed by atoms with Crippen molar-refractivity contribution in [1.82, 2.24) is 9.88 Å². The number of carbonyl (C=O) groups is 2. The molecule has 2 amide bonds. The Morgan fingerprint density at radius 1 is 1.13 bits per heavy atom. The molecule has 2 N–H and O–H groups in total. The molecular formula is C20H17F3N4O2S2. The van der Waals surface area contributed by atoms with Gasteiger partial charge in [-0.05, 0) is 35.7 Å². The van der Waals surface area contributed by atoms with Crippen LogP contribution < -0.4 is 10.6 Å². The van der Waals surface area contributed by atoms with Gasteiger partial charge in [0.25, 0.3) is 5.91 Å². The SMILES string of the molecule is O=C(CN1CCc2nc(NC(=O)c3cccs3)sc2C1)Nc1ccc(C(F)(F)F)cc1. The number of hydrogen-bond donors (Lipinski definition) is 2. The minimum Gasteiger partial charge on any atom is -0.325 e.